The normalized spacial score (nSPS) is 21.1. The lowest BCUT2D eigenvalue weighted by Gasteiger charge is -2.22. The maximum absolute atomic E-state index is 12.4. The van der Waals surface area contributed by atoms with Crippen molar-refractivity contribution in [1.29, 1.82) is 0 Å². The van der Waals surface area contributed by atoms with Crippen molar-refractivity contribution in [3.63, 3.8) is 0 Å². The molecule has 0 bridgehead atoms. The Morgan fingerprint density at radius 1 is 1.24 bits per heavy atom. The Labute approximate surface area is 97.0 Å². The smallest absolute Gasteiger partial charge is 0.310 e. The SMILES string of the molecule is C[C@@H]1CCC(=O)N1c1ccc(C(F)(F)F)cc1. The van der Waals surface area contributed by atoms with E-state index in [9.17, 15) is 18.0 Å². The van der Waals surface area contributed by atoms with Crippen molar-refractivity contribution in [3.05, 3.63) is 29.8 Å². The summed E-state index contributed by atoms with van der Waals surface area (Å²) in [7, 11) is 0. The summed E-state index contributed by atoms with van der Waals surface area (Å²) in [5.41, 5.74) is -0.159. The molecule has 1 atom stereocenters. The Morgan fingerprint density at radius 3 is 2.24 bits per heavy atom. The first-order chi connectivity index (χ1) is 7.89. The van der Waals surface area contributed by atoms with Crippen LogP contribution in [-0.4, -0.2) is 11.9 Å². The molecule has 1 aliphatic heterocycles. The topological polar surface area (TPSA) is 20.3 Å². The van der Waals surface area contributed by atoms with Crippen LogP contribution in [0.5, 0.6) is 0 Å². The van der Waals surface area contributed by atoms with Crippen LogP contribution >= 0.6 is 0 Å². The van der Waals surface area contributed by atoms with Gasteiger partial charge in [-0.3, -0.25) is 4.79 Å². The molecule has 0 saturated carbocycles. The van der Waals surface area contributed by atoms with Gasteiger partial charge in [-0.25, -0.2) is 0 Å². The van der Waals surface area contributed by atoms with Crippen molar-refractivity contribution in [3.8, 4) is 0 Å². The van der Waals surface area contributed by atoms with Gasteiger partial charge in [-0.2, -0.15) is 13.2 Å². The summed E-state index contributed by atoms with van der Waals surface area (Å²) in [6, 6.07) is 4.77. The third-order valence-corrected chi connectivity index (χ3v) is 2.96. The van der Waals surface area contributed by atoms with Crippen LogP contribution in [0.25, 0.3) is 0 Å². The largest absolute Gasteiger partial charge is 0.416 e. The second kappa shape index (κ2) is 4.05. The first kappa shape index (κ1) is 12.0. The third-order valence-electron chi connectivity index (χ3n) is 2.96. The van der Waals surface area contributed by atoms with E-state index in [1.807, 2.05) is 6.92 Å². The van der Waals surface area contributed by atoms with E-state index in [0.717, 1.165) is 18.6 Å². The van der Waals surface area contributed by atoms with Crippen molar-refractivity contribution in [2.75, 3.05) is 4.90 Å². The minimum Gasteiger partial charge on any atom is -0.310 e. The minimum absolute atomic E-state index is 0.0303. The Kier molecular flexibility index (Phi) is 2.85. The molecule has 1 fully saturated rings. The van der Waals surface area contributed by atoms with E-state index in [1.54, 1.807) is 4.90 Å². The zero-order chi connectivity index (χ0) is 12.6. The van der Waals surface area contributed by atoms with E-state index < -0.39 is 11.7 Å². The molecule has 0 aliphatic carbocycles. The summed E-state index contributed by atoms with van der Waals surface area (Å²) in [5, 5.41) is 0. The van der Waals surface area contributed by atoms with Crippen LogP contribution in [0.3, 0.4) is 0 Å². The molecule has 1 aromatic rings. The molecule has 2 nitrogen and oxygen atoms in total. The molecule has 0 spiro atoms. The van der Waals surface area contributed by atoms with Gasteiger partial charge < -0.3 is 4.90 Å². The number of carbonyl (C=O) groups excluding carboxylic acids is 1. The van der Waals surface area contributed by atoms with Gasteiger partial charge in [-0.15, -0.1) is 0 Å². The lowest BCUT2D eigenvalue weighted by atomic mass is 10.2. The Bertz CT molecular complexity index is 424. The third kappa shape index (κ3) is 2.28. The molecule has 92 valence electrons. The van der Waals surface area contributed by atoms with E-state index in [1.165, 1.54) is 12.1 Å². The number of hydrogen-bond donors (Lipinski definition) is 0. The van der Waals surface area contributed by atoms with Crippen LogP contribution in [0.1, 0.15) is 25.3 Å². The monoisotopic (exact) mass is 243 g/mol. The molecule has 0 unspecified atom stereocenters. The number of hydrogen-bond acceptors (Lipinski definition) is 1. The van der Waals surface area contributed by atoms with Gasteiger partial charge in [0, 0.05) is 18.2 Å². The zero-order valence-corrected chi connectivity index (χ0v) is 9.29. The highest BCUT2D eigenvalue weighted by molar-refractivity contribution is 5.96. The second-order valence-electron chi connectivity index (χ2n) is 4.20. The average Bonchev–Trinajstić information content (AvgIpc) is 2.58. The molecule has 1 heterocycles. The molecule has 1 aromatic carbocycles. The van der Waals surface area contributed by atoms with Gasteiger partial charge in [0.15, 0.2) is 0 Å². The fourth-order valence-corrected chi connectivity index (χ4v) is 2.04. The number of anilines is 1. The van der Waals surface area contributed by atoms with E-state index in [4.69, 9.17) is 0 Å². The zero-order valence-electron chi connectivity index (χ0n) is 9.29. The molecule has 0 N–H and O–H groups in total. The number of alkyl halides is 3. The van der Waals surface area contributed by atoms with Crippen LogP contribution in [0.15, 0.2) is 24.3 Å². The number of benzene rings is 1. The van der Waals surface area contributed by atoms with Gasteiger partial charge in [0.2, 0.25) is 5.91 Å². The Morgan fingerprint density at radius 2 is 1.82 bits per heavy atom. The van der Waals surface area contributed by atoms with Crippen molar-refractivity contribution in [2.45, 2.75) is 32.0 Å². The number of amides is 1. The number of nitrogens with zero attached hydrogens (tertiary/aromatic N) is 1. The maximum Gasteiger partial charge on any atom is 0.416 e. The van der Waals surface area contributed by atoms with Crippen LogP contribution in [0, 0.1) is 0 Å². The molecule has 0 radical (unpaired) electrons. The van der Waals surface area contributed by atoms with Crippen LogP contribution in [0.4, 0.5) is 18.9 Å². The van der Waals surface area contributed by atoms with Crippen molar-refractivity contribution in [1.82, 2.24) is 0 Å². The van der Waals surface area contributed by atoms with E-state index in [0.29, 0.717) is 12.1 Å². The molecule has 2 rings (SSSR count). The lowest BCUT2D eigenvalue weighted by Crippen LogP contribution is -2.30. The number of halogens is 3. The molecule has 0 aromatic heterocycles. The predicted molar refractivity (Wildman–Crippen MR) is 57.6 cm³/mol. The van der Waals surface area contributed by atoms with Crippen molar-refractivity contribution < 1.29 is 18.0 Å². The molecule has 1 aliphatic rings. The molecule has 17 heavy (non-hydrogen) atoms. The Hall–Kier alpha value is -1.52. The summed E-state index contributed by atoms with van der Waals surface area (Å²) in [6.07, 6.45) is -3.12. The van der Waals surface area contributed by atoms with Crippen LogP contribution in [-0.2, 0) is 11.0 Å². The fraction of sp³-hybridized carbons (Fsp3) is 0.417. The van der Waals surface area contributed by atoms with E-state index >= 15 is 0 Å². The van der Waals surface area contributed by atoms with Crippen molar-refractivity contribution >= 4 is 11.6 Å². The first-order valence-electron chi connectivity index (χ1n) is 5.39. The molecule has 1 amide bonds. The summed E-state index contributed by atoms with van der Waals surface area (Å²) in [4.78, 5) is 13.1. The average molecular weight is 243 g/mol. The van der Waals surface area contributed by atoms with E-state index in [-0.39, 0.29) is 11.9 Å². The van der Waals surface area contributed by atoms with Gasteiger partial charge >= 0.3 is 6.18 Å². The maximum atomic E-state index is 12.4. The summed E-state index contributed by atoms with van der Waals surface area (Å²) in [5.74, 6) is -0.0303. The lowest BCUT2D eigenvalue weighted by molar-refractivity contribution is -0.137. The Balaban J connectivity index is 2.27. The van der Waals surface area contributed by atoms with Gasteiger partial charge in [0.25, 0.3) is 0 Å². The highest BCUT2D eigenvalue weighted by Crippen LogP contribution is 2.32. The predicted octanol–water partition coefficient (Wildman–Crippen LogP) is 3.22. The van der Waals surface area contributed by atoms with Crippen molar-refractivity contribution in [2.24, 2.45) is 0 Å². The minimum atomic E-state index is -4.33. The quantitative estimate of drug-likeness (QED) is 0.741. The highest BCUT2D eigenvalue weighted by Gasteiger charge is 2.32. The summed E-state index contributed by atoms with van der Waals surface area (Å²) in [6.45, 7) is 1.89. The van der Waals surface area contributed by atoms with Crippen LogP contribution in [0.2, 0.25) is 0 Å². The van der Waals surface area contributed by atoms with Gasteiger partial charge in [0.05, 0.1) is 5.56 Å². The standard InChI is InChI=1S/C12H12F3NO/c1-8-2-7-11(17)16(8)10-5-3-9(4-6-10)12(13,14)15/h3-6,8H,2,7H2,1H3/t8-/m1/s1. The number of rotatable bonds is 1. The van der Waals surface area contributed by atoms with Gasteiger partial charge in [0.1, 0.15) is 0 Å². The van der Waals surface area contributed by atoms with Gasteiger partial charge in [-0.1, -0.05) is 0 Å². The molecular weight excluding hydrogens is 231 g/mol. The van der Waals surface area contributed by atoms with E-state index in [2.05, 4.69) is 0 Å². The molecule has 5 heteroatoms. The summed E-state index contributed by atoms with van der Waals surface area (Å²) >= 11 is 0. The van der Waals surface area contributed by atoms with Gasteiger partial charge in [-0.05, 0) is 37.6 Å². The second-order valence-corrected chi connectivity index (χ2v) is 4.20. The van der Waals surface area contributed by atoms with Crippen LogP contribution < -0.4 is 4.90 Å². The first-order valence-corrected chi connectivity index (χ1v) is 5.39. The highest BCUT2D eigenvalue weighted by atomic mass is 19.4. The number of carbonyl (C=O) groups is 1. The fourth-order valence-electron chi connectivity index (χ4n) is 2.04. The summed E-state index contributed by atoms with van der Waals surface area (Å²) < 4.78 is 37.1. The molecular formula is C12H12F3NO. The molecule has 1 saturated heterocycles.